The van der Waals surface area contributed by atoms with Crippen molar-refractivity contribution in [2.24, 2.45) is 0 Å². The van der Waals surface area contributed by atoms with E-state index in [9.17, 15) is 9.59 Å². The third-order valence-electron chi connectivity index (χ3n) is 4.18. The van der Waals surface area contributed by atoms with Crippen LogP contribution in [0.15, 0.2) is 53.9 Å². The van der Waals surface area contributed by atoms with Crippen LogP contribution in [0, 0.1) is 11.3 Å². The van der Waals surface area contributed by atoms with E-state index in [0.717, 1.165) is 22.6 Å². The van der Waals surface area contributed by atoms with E-state index in [0.29, 0.717) is 12.1 Å². The van der Waals surface area contributed by atoms with Gasteiger partial charge in [0.25, 0.3) is 5.91 Å². The van der Waals surface area contributed by atoms with Gasteiger partial charge in [-0.1, -0.05) is 43.3 Å². The number of ether oxygens (including phenoxy) is 1. The Morgan fingerprint density at radius 1 is 1.10 bits per heavy atom. The second-order valence-electron chi connectivity index (χ2n) is 6.24. The van der Waals surface area contributed by atoms with E-state index in [4.69, 9.17) is 10.00 Å². The van der Waals surface area contributed by atoms with Gasteiger partial charge in [-0.05, 0) is 29.7 Å². The van der Waals surface area contributed by atoms with Crippen LogP contribution >= 0.6 is 11.3 Å². The molecule has 1 amide bonds. The molecule has 0 bridgehead atoms. The molecule has 0 aliphatic rings. The summed E-state index contributed by atoms with van der Waals surface area (Å²) in [4.78, 5) is 28.5. The van der Waals surface area contributed by atoms with Crippen molar-refractivity contribution in [3.8, 4) is 16.6 Å². The lowest BCUT2D eigenvalue weighted by Crippen LogP contribution is -2.21. The Hall–Kier alpha value is -3.50. The molecule has 29 heavy (non-hydrogen) atoms. The second-order valence-corrected chi connectivity index (χ2v) is 7.10. The van der Waals surface area contributed by atoms with Gasteiger partial charge in [-0.3, -0.25) is 4.79 Å². The quantitative estimate of drug-likeness (QED) is 0.594. The van der Waals surface area contributed by atoms with Crippen molar-refractivity contribution in [1.82, 2.24) is 4.98 Å². The van der Waals surface area contributed by atoms with E-state index in [1.807, 2.05) is 24.3 Å². The van der Waals surface area contributed by atoms with Crippen LogP contribution in [0.3, 0.4) is 0 Å². The van der Waals surface area contributed by atoms with Crippen LogP contribution in [-0.4, -0.2) is 23.5 Å². The number of anilines is 1. The fraction of sp³-hybridized carbons (Fsp3) is 0.182. The molecule has 0 radical (unpaired) electrons. The van der Waals surface area contributed by atoms with Gasteiger partial charge in [0.2, 0.25) is 0 Å². The van der Waals surface area contributed by atoms with Crippen molar-refractivity contribution in [2.45, 2.75) is 19.8 Å². The number of nitrogens with zero attached hydrogens (tertiary/aromatic N) is 2. The molecular weight excluding hydrogens is 386 g/mol. The second kappa shape index (κ2) is 9.62. The molecule has 0 unspecified atom stereocenters. The van der Waals surface area contributed by atoms with E-state index >= 15 is 0 Å². The summed E-state index contributed by atoms with van der Waals surface area (Å²) in [7, 11) is 0. The van der Waals surface area contributed by atoms with Crippen molar-refractivity contribution >= 4 is 28.9 Å². The molecule has 0 saturated carbocycles. The SMILES string of the molecule is CCc1ccc(-c2nc(C(=O)OCC(=O)Nc3ccc(CC#N)cc3)cs2)cc1. The Morgan fingerprint density at radius 2 is 1.79 bits per heavy atom. The van der Waals surface area contributed by atoms with Crippen LogP contribution in [0.1, 0.15) is 28.5 Å². The highest BCUT2D eigenvalue weighted by atomic mass is 32.1. The highest BCUT2D eigenvalue weighted by molar-refractivity contribution is 7.13. The lowest BCUT2D eigenvalue weighted by Gasteiger charge is -2.06. The van der Waals surface area contributed by atoms with Gasteiger partial charge < -0.3 is 10.1 Å². The predicted molar refractivity (Wildman–Crippen MR) is 112 cm³/mol. The zero-order valence-corrected chi connectivity index (χ0v) is 16.7. The molecule has 0 saturated heterocycles. The number of benzene rings is 2. The van der Waals surface area contributed by atoms with Crippen molar-refractivity contribution in [3.63, 3.8) is 0 Å². The zero-order valence-electron chi connectivity index (χ0n) is 15.8. The molecule has 2 aromatic carbocycles. The maximum Gasteiger partial charge on any atom is 0.358 e. The molecule has 0 aliphatic heterocycles. The number of nitriles is 1. The number of nitrogens with one attached hydrogen (secondary N) is 1. The van der Waals surface area contributed by atoms with E-state index < -0.39 is 18.5 Å². The molecule has 1 aromatic heterocycles. The first-order chi connectivity index (χ1) is 14.1. The number of thiazole rings is 1. The zero-order chi connectivity index (χ0) is 20.6. The molecule has 0 atom stereocenters. The topological polar surface area (TPSA) is 92.1 Å². The van der Waals surface area contributed by atoms with Crippen LogP contribution in [0.5, 0.6) is 0 Å². The summed E-state index contributed by atoms with van der Waals surface area (Å²) in [5, 5.41) is 13.7. The van der Waals surface area contributed by atoms with Crippen LogP contribution in [0.2, 0.25) is 0 Å². The minimum absolute atomic E-state index is 0.179. The molecular formula is C22H19N3O3S. The molecule has 1 heterocycles. The van der Waals surface area contributed by atoms with Crippen molar-refractivity contribution in [2.75, 3.05) is 11.9 Å². The predicted octanol–water partition coefficient (Wildman–Crippen LogP) is 4.23. The Kier molecular flexibility index (Phi) is 6.72. The Labute approximate surface area is 172 Å². The fourth-order valence-electron chi connectivity index (χ4n) is 2.58. The smallest absolute Gasteiger partial charge is 0.358 e. The summed E-state index contributed by atoms with van der Waals surface area (Å²) >= 11 is 1.35. The summed E-state index contributed by atoms with van der Waals surface area (Å²) < 4.78 is 5.06. The fourth-order valence-corrected chi connectivity index (χ4v) is 3.38. The summed E-state index contributed by atoms with van der Waals surface area (Å²) in [6.45, 7) is 1.68. The molecule has 3 rings (SSSR count). The van der Waals surface area contributed by atoms with E-state index in [-0.39, 0.29) is 5.69 Å². The van der Waals surface area contributed by atoms with E-state index in [2.05, 4.69) is 23.3 Å². The molecule has 7 heteroatoms. The minimum Gasteiger partial charge on any atom is -0.451 e. The van der Waals surface area contributed by atoms with Gasteiger partial charge in [0.05, 0.1) is 12.5 Å². The number of amides is 1. The number of carbonyl (C=O) groups is 2. The third-order valence-corrected chi connectivity index (χ3v) is 5.07. The van der Waals surface area contributed by atoms with Gasteiger partial charge in [-0.2, -0.15) is 5.26 Å². The van der Waals surface area contributed by atoms with E-state index in [1.165, 1.54) is 16.9 Å². The average Bonchev–Trinajstić information content (AvgIpc) is 3.24. The minimum atomic E-state index is -0.641. The van der Waals surface area contributed by atoms with Crippen molar-refractivity contribution in [1.29, 1.82) is 5.26 Å². The van der Waals surface area contributed by atoms with Gasteiger partial charge >= 0.3 is 5.97 Å². The maximum absolute atomic E-state index is 12.2. The Bertz CT molecular complexity index is 1030. The number of esters is 1. The summed E-state index contributed by atoms with van der Waals surface area (Å²) in [6.07, 6.45) is 1.27. The molecule has 0 aliphatic carbocycles. The standard InChI is InChI=1S/C22H19N3O3S/c1-2-15-3-7-17(8-4-15)21-25-19(14-29-21)22(27)28-13-20(26)24-18-9-5-16(6-10-18)11-12-23/h3-10,14H,2,11,13H2,1H3,(H,24,26). The lowest BCUT2D eigenvalue weighted by atomic mass is 10.1. The van der Waals surface area contributed by atoms with Crippen LogP contribution < -0.4 is 5.32 Å². The summed E-state index contributed by atoms with van der Waals surface area (Å²) in [6, 6.07) is 17.0. The number of hydrogen-bond donors (Lipinski definition) is 1. The van der Waals surface area contributed by atoms with Gasteiger partial charge in [0.1, 0.15) is 5.01 Å². The molecule has 1 N–H and O–H groups in total. The normalized spacial score (nSPS) is 10.2. The van der Waals surface area contributed by atoms with Gasteiger partial charge in [-0.25, -0.2) is 9.78 Å². The highest BCUT2D eigenvalue weighted by Crippen LogP contribution is 2.24. The lowest BCUT2D eigenvalue weighted by molar-refractivity contribution is -0.119. The summed E-state index contributed by atoms with van der Waals surface area (Å²) in [5.74, 6) is -1.09. The first-order valence-electron chi connectivity index (χ1n) is 9.06. The maximum atomic E-state index is 12.2. The average molecular weight is 405 g/mol. The number of aromatic nitrogens is 1. The Morgan fingerprint density at radius 3 is 2.45 bits per heavy atom. The number of hydrogen-bond acceptors (Lipinski definition) is 6. The van der Waals surface area contributed by atoms with Crippen LogP contribution in [0.25, 0.3) is 10.6 Å². The Balaban J connectivity index is 1.53. The third kappa shape index (κ3) is 5.50. The van der Waals surface area contributed by atoms with Crippen molar-refractivity contribution < 1.29 is 14.3 Å². The monoisotopic (exact) mass is 405 g/mol. The number of carbonyl (C=O) groups excluding carboxylic acids is 2. The largest absolute Gasteiger partial charge is 0.451 e. The first-order valence-corrected chi connectivity index (χ1v) is 9.94. The van der Waals surface area contributed by atoms with E-state index in [1.54, 1.807) is 29.6 Å². The van der Waals surface area contributed by atoms with Crippen molar-refractivity contribution in [3.05, 3.63) is 70.7 Å². The molecule has 3 aromatic rings. The molecule has 0 fully saturated rings. The van der Waals surface area contributed by atoms with Gasteiger partial charge in [0.15, 0.2) is 12.3 Å². The van der Waals surface area contributed by atoms with Gasteiger partial charge in [-0.15, -0.1) is 11.3 Å². The number of rotatable bonds is 7. The van der Waals surface area contributed by atoms with Crippen LogP contribution in [-0.2, 0) is 22.4 Å². The molecule has 0 spiro atoms. The van der Waals surface area contributed by atoms with Gasteiger partial charge in [0, 0.05) is 16.6 Å². The summed E-state index contributed by atoms with van der Waals surface area (Å²) in [5.41, 5.74) is 3.78. The highest BCUT2D eigenvalue weighted by Gasteiger charge is 2.15. The first kappa shape index (κ1) is 20.2. The molecule has 6 nitrogen and oxygen atoms in total. The van der Waals surface area contributed by atoms with Crippen LogP contribution in [0.4, 0.5) is 5.69 Å². The number of aryl methyl sites for hydroxylation is 1. The molecule has 146 valence electrons.